The Morgan fingerprint density at radius 1 is 1.33 bits per heavy atom. The molecule has 0 saturated carbocycles. The molecular formula is C13H10FN5O2. The van der Waals surface area contributed by atoms with Crippen LogP contribution in [0.1, 0.15) is 5.82 Å². The number of methoxy groups -OCH3 is 1. The lowest BCUT2D eigenvalue weighted by molar-refractivity contribution is -0.139. The first-order valence-corrected chi connectivity index (χ1v) is 6.07. The molecule has 0 aliphatic rings. The van der Waals surface area contributed by atoms with Crippen LogP contribution in [0.4, 0.5) is 4.39 Å². The highest BCUT2D eigenvalue weighted by atomic mass is 19.1. The summed E-state index contributed by atoms with van der Waals surface area (Å²) in [7, 11) is 1.30. The fraction of sp³-hybridized carbons (Fsp3) is 0.154. The topological polar surface area (TPSA) is 82.3 Å². The van der Waals surface area contributed by atoms with Crippen LogP contribution in [0.15, 0.2) is 30.6 Å². The van der Waals surface area contributed by atoms with Crippen LogP contribution in [0.5, 0.6) is 0 Å². The average Bonchev–Trinajstić information content (AvgIpc) is 2.90. The molecule has 0 aliphatic carbocycles. The van der Waals surface area contributed by atoms with Crippen LogP contribution in [0.25, 0.3) is 17.2 Å². The van der Waals surface area contributed by atoms with Gasteiger partial charge in [-0.05, 0) is 18.2 Å². The van der Waals surface area contributed by atoms with Gasteiger partial charge in [0.25, 0.3) is 5.78 Å². The zero-order chi connectivity index (χ0) is 14.8. The number of hydrogen-bond donors (Lipinski definition) is 0. The third-order valence-corrected chi connectivity index (χ3v) is 2.80. The van der Waals surface area contributed by atoms with E-state index in [9.17, 15) is 9.18 Å². The second-order valence-electron chi connectivity index (χ2n) is 4.18. The van der Waals surface area contributed by atoms with Crippen molar-refractivity contribution >= 4 is 11.7 Å². The van der Waals surface area contributed by atoms with Gasteiger partial charge in [0, 0.05) is 6.20 Å². The molecule has 0 bridgehead atoms. The van der Waals surface area contributed by atoms with Crippen molar-refractivity contribution in [3.05, 3.63) is 42.2 Å². The van der Waals surface area contributed by atoms with Crippen LogP contribution in [0.2, 0.25) is 0 Å². The van der Waals surface area contributed by atoms with Gasteiger partial charge in [0.1, 0.15) is 12.2 Å². The molecule has 0 atom stereocenters. The smallest absolute Gasteiger partial charge is 0.313 e. The number of esters is 1. The maximum atomic E-state index is 12.9. The number of hydrogen-bond acceptors (Lipinski definition) is 6. The van der Waals surface area contributed by atoms with E-state index in [4.69, 9.17) is 0 Å². The summed E-state index contributed by atoms with van der Waals surface area (Å²) in [6.45, 7) is 0. The van der Waals surface area contributed by atoms with E-state index < -0.39 is 11.8 Å². The molecule has 3 aromatic heterocycles. The number of rotatable bonds is 3. The van der Waals surface area contributed by atoms with Crippen LogP contribution in [-0.2, 0) is 16.0 Å². The highest BCUT2D eigenvalue weighted by Crippen LogP contribution is 2.16. The number of carbonyl (C=O) groups is 1. The van der Waals surface area contributed by atoms with Crippen molar-refractivity contribution in [3.8, 4) is 11.4 Å². The van der Waals surface area contributed by atoms with Gasteiger partial charge in [0.05, 0.1) is 24.7 Å². The van der Waals surface area contributed by atoms with Gasteiger partial charge in [-0.3, -0.25) is 9.78 Å². The van der Waals surface area contributed by atoms with E-state index in [1.54, 1.807) is 12.3 Å². The molecule has 0 radical (unpaired) electrons. The predicted molar refractivity (Wildman–Crippen MR) is 69.7 cm³/mol. The van der Waals surface area contributed by atoms with Gasteiger partial charge in [-0.1, -0.05) is 0 Å². The van der Waals surface area contributed by atoms with E-state index in [-0.39, 0.29) is 6.42 Å². The molecule has 21 heavy (non-hydrogen) atoms. The van der Waals surface area contributed by atoms with Crippen LogP contribution in [-0.4, -0.2) is 37.6 Å². The Bertz CT molecular complexity index is 800. The minimum absolute atomic E-state index is 0.0455. The summed E-state index contributed by atoms with van der Waals surface area (Å²) in [5.74, 6) is -0.233. The second-order valence-corrected chi connectivity index (χ2v) is 4.18. The number of pyridine rings is 1. The molecular weight excluding hydrogens is 277 g/mol. The van der Waals surface area contributed by atoms with E-state index in [1.807, 2.05) is 0 Å². The van der Waals surface area contributed by atoms with Crippen molar-refractivity contribution < 1.29 is 13.9 Å². The highest BCUT2D eigenvalue weighted by Gasteiger charge is 2.13. The van der Waals surface area contributed by atoms with Crippen molar-refractivity contribution in [3.63, 3.8) is 0 Å². The van der Waals surface area contributed by atoms with Crippen LogP contribution < -0.4 is 0 Å². The Morgan fingerprint density at radius 2 is 2.19 bits per heavy atom. The predicted octanol–water partition coefficient (Wildman–Crippen LogP) is 1.04. The summed E-state index contributed by atoms with van der Waals surface area (Å²) < 4.78 is 19.0. The summed E-state index contributed by atoms with van der Waals surface area (Å²) in [4.78, 5) is 23.5. The lowest BCUT2D eigenvalue weighted by atomic mass is 10.2. The van der Waals surface area contributed by atoms with Crippen molar-refractivity contribution in [2.45, 2.75) is 6.42 Å². The van der Waals surface area contributed by atoms with Crippen LogP contribution >= 0.6 is 0 Å². The van der Waals surface area contributed by atoms with Gasteiger partial charge < -0.3 is 4.74 Å². The number of nitrogens with zero attached hydrogens (tertiary/aromatic N) is 5. The Balaban J connectivity index is 2.07. The normalized spacial score (nSPS) is 10.8. The number of fused-ring (bicyclic) bond motifs is 1. The molecule has 8 heteroatoms. The zero-order valence-electron chi connectivity index (χ0n) is 11.0. The van der Waals surface area contributed by atoms with Crippen molar-refractivity contribution in [1.82, 2.24) is 24.6 Å². The first-order chi connectivity index (χ1) is 10.2. The Kier molecular flexibility index (Phi) is 3.27. The second kappa shape index (κ2) is 5.23. The molecule has 0 N–H and O–H groups in total. The maximum Gasteiger partial charge on any atom is 0.313 e. The molecule has 3 aromatic rings. The minimum atomic E-state index is -0.438. The third kappa shape index (κ3) is 2.55. The number of ether oxygens (including phenoxy) is 1. The molecule has 3 heterocycles. The molecule has 0 amide bonds. The van der Waals surface area contributed by atoms with Gasteiger partial charge in [0.15, 0.2) is 5.82 Å². The maximum absolute atomic E-state index is 12.9. The third-order valence-electron chi connectivity index (χ3n) is 2.80. The summed E-state index contributed by atoms with van der Waals surface area (Å²) in [6.07, 6.45) is 2.62. The van der Waals surface area contributed by atoms with E-state index >= 15 is 0 Å². The Labute approximate surface area is 118 Å². The molecule has 106 valence electrons. The number of aromatic nitrogens is 5. The standard InChI is InChI=1S/C13H10FN5O2/c1-21-12(20)6-11-17-13-15-5-4-10(19(13)18-11)9-3-2-8(14)7-16-9/h2-5,7H,6H2,1H3. The quantitative estimate of drug-likeness (QED) is 0.669. The lowest BCUT2D eigenvalue weighted by Crippen LogP contribution is -2.06. The van der Waals surface area contributed by atoms with Crippen molar-refractivity contribution in [1.29, 1.82) is 0 Å². The van der Waals surface area contributed by atoms with E-state index in [0.29, 0.717) is 23.0 Å². The Hall–Kier alpha value is -2.90. The summed E-state index contributed by atoms with van der Waals surface area (Å²) >= 11 is 0. The van der Waals surface area contributed by atoms with E-state index in [2.05, 4.69) is 24.8 Å². The summed E-state index contributed by atoms with van der Waals surface area (Å²) in [6, 6.07) is 4.52. The highest BCUT2D eigenvalue weighted by molar-refractivity contribution is 5.71. The summed E-state index contributed by atoms with van der Waals surface area (Å²) in [5.41, 5.74) is 1.13. The van der Waals surface area contributed by atoms with Crippen LogP contribution in [0.3, 0.4) is 0 Å². The van der Waals surface area contributed by atoms with Gasteiger partial charge >= 0.3 is 5.97 Å². The lowest BCUT2D eigenvalue weighted by Gasteiger charge is -2.02. The fourth-order valence-corrected chi connectivity index (χ4v) is 1.83. The zero-order valence-corrected chi connectivity index (χ0v) is 11.0. The molecule has 0 saturated heterocycles. The molecule has 0 aliphatic heterocycles. The SMILES string of the molecule is COC(=O)Cc1nc2nccc(-c3ccc(F)cn3)n2n1. The Morgan fingerprint density at radius 3 is 2.90 bits per heavy atom. The molecule has 0 spiro atoms. The minimum Gasteiger partial charge on any atom is -0.469 e. The molecule has 0 aromatic carbocycles. The van der Waals surface area contributed by atoms with Crippen molar-refractivity contribution in [2.75, 3.05) is 7.11 Å². The van der Waals surface area contributed by atoms with Crippen LogP contribution in [0, 0.1) is 5.82 Å². The molecule has 3 rings (SSSR count). The number of halogens is 1. The van der Waals surface area contributed by atoms with Gasteiger partial charge in [-0.15, -0.1) is 5.10 Å². The first-order valence-electron chi connectivity index (χ1n) is 6.07. The van der Waals surface area contributed by atoms with E-state index in [1.165, 1.54) is 23.8 Å². The van der Waals surface area contributed by atoms with Gasteiger partial charge in [-0.25, -0.2) is 9.37 Å². The monoisotopic (exact) mass is 287 g/mol. The van der Waals surface area contributed by atoms with Crippen molar-refractivity contribution in [2.24, 2.45) is 0 Å². The van der Waals surface area contributed by atoms with Gasteiger partial charge in [0.2, 0.25) is 0 Å². The fourth-order valence-electron chi connectivity index (χ4n) is 1.83. The largest absolute Gasteiger partial charge is 0.469 e. The molecule has 0 fully saturated rings. The molecule has 0 unspecified atom stereocenters. The molecule has 7 nitrogen and oxygen atoms in total. The first kappa shape index (κ1) is 13.1. The average molecular weight is 287 g/mol. The summed E-state index contributed by atoms with van der Waals surface area (Å²) in [5, 5.41) is 4.21. The number of carbonyl (C=O) groups excluding carboxylic acids is 1. The van der Waals surface area contributed by atoms with Gasteiger partial charge in [-0.2, -0.15) is 9.50 Å². The van der Waals surface area contributed by atoms with E-state index in [0.717, 1.165) is 6.20 Å².